The summed E-state index contributed by atoms with van der Waals surface area (Å²) in [5.74, 6) is -1.51. The molecule has 1 N–H and O–H groups in total. The molecule has 0 heterocycles. The highest BCUT2D eigenvalue weighted by Crippen LogP contribution is 2.27. The molecular weight excluding hydrogens is 502 g/mol. The fourth-order valence-electron chi connectivity index (χ4n) is 3.00. The Morgan fingerprint density at radius 1 is 1.08 bits per heavy atom. The summed E-state index contributed by atoms with van der Waals surface area (Å²) in [6.07, 6.45) is 1.14. The van der Waals surface area contributed by atoms with Gasteiger partial charge in [0.1, 0.15) is 22.3 Å². The number of nitrogens with zero attached hydrogens (tertiary/aromatic N) is 2. The molecule has 1 amide bonds. The number of benzene rings is 3. The number of nitro benzene ring substituents is 1. The van der Waals surface area contributed by atoms with Crippen LogP contribution in [0, 0.1) is 21.4 Å². The summed E-state index contributed by atoms with van der Waals surface area (Å²) in [6, 6.07) is 17.7. The summed E-state index contributed by atoms with van der Waals surface area (Å²) in [7, 11) is -4.47. The van der Waals surface area contributed by atoms with Crippen molar-refractivity contribution in [3.63, 3.8) is 0 Å². The maximum atomic E-state index is 12.7. The monoisotopic (exact) mass is 521 g/mol. The number of anilines is 1. The van der Waals surface area contributed by atoms with Crippen LogP contribution < -0.4 is 9.50 Å². The Kier molecular flexibility index (Phi) is 8.34. The van der Waals surface area contributed by atoms with E-state index in [0.717, 1.165) is 24.3 Å². The van der Waals surface area contributed by atoms with Crippen LogP contribution in [0.1, 0.15) is 22.8 Å². The standard InChI is InChI=1S/C25H19N3O8S/c1-2-35-25(30)17-10-12-20(13-11-17)27-24(29)19(16-26)14-18-6-3-4-9-23(18)36-37(33,34)22-8-5-7-21(15-22)28(31)32/h3-15H,2H2,1H3,(H,27,29)/b19-14+. The maximum Gasteiger partial charge on any atom is 0.339 e. The molecule has 0 aliphatic carbocycles. The molecule has 0 saturated heterocycles. The van der Waals surface area contributed by atoms with Crippen LogP contribution in [-0.4, -0.2) is 31.8 Å². The van der Waals surface area contributed by atoms with Gasteiger partial charge in [-0.15, -0.1) is 0 Å². The lowest BCUT2D eigenvalue weighted by molar-refractivity contribution is -0.385. The number of carbonyl (C=O) groups excluding carboxylic acids is 2. The van der Waals surface area contributed by atoms with Gasteiger partial charge in [0.25, 0.3) is 11.6 Å². The number of ether oxygens (including phenoxy) is 1. The van der Waals surface area contributed by atoms with Crippen molar-refractivity contribution in [3.8, 4) is 11.8 Å². The Labute approximate surface area is 211 Å². The third-order valence-electron chi connectivity index (χ3n) is 4.75. The van der Waals surface area contributed by atoms with E-state index in [0.29, 0.717) is 5.69 Å². The number of non-ortho nitro benzene ring substituents is 1. The van der Waals surface area contributed by atoms with Gasteiger partial charge in [0, 0.05) is 23.4 Å². The summed E-state index contributed by atoms with van der Waals surface area (Å²) in [5.41, 5.74) is -0.111. The van der Waals surface area contributed by atoms with Gasteiger partial charge >= 0.3 is 16.1 Å². The minimum absolute atomic E-state index is 0.0980. The molecule has 0 fully saturated rings. The van der Waals surface area contributed by atoms with Crippen LogP contribution in [0.3, 0.4) is 0 Å². The summed E-state index contributed by atoms with van der Waals surface area (Å²) < 4.78 is 35.5. The van der Waals surface area contributed by atoms with Crippen molar-refractivity contribution in [2.45, 2.75) is 11.8 Å². The molecular formula is C25H19N3O8S. The SMILES string of the molecule is CCOC(=O)c1ccc(NC(=O)/C(C#N)=C/c2ccccc2OS(=O)(=O)c2cccc([N+](=O)[O-])c2)cc1. The molecule has 12 heteroatoms. The quantitative estimate of drug-likeness (QED) is 0.109. The third kappa shape index (κ3) is 6.77. The van der Waals surface area contributed by atoms with Crippen LogP contribution in [-0.2, 0) is 19.6 Å². The minimum Gasteiger partial charge on any atom is -0.462 e. The Morgan fingerprint density at radius 2 is 1.78 bits per heavy atom. The second kappa shape index (κ2) is 11.6. The molecule has 3 aromatic carbocycles. The van der Waals surface area contributed by atoms with E-state index in [4.69, 9.17) is 8.92 Å². The van der Waals surface area contributed by atoms with E-state index in [1.165, 1.54) is 48.5 Å². The molecule has 0 bridgehead atoms. The minimum atomic E-state index is -4.47. The van der Waals surface area contributed by atoms with Gasteiger partial charge in [0.15, 0.2) is 0 Å². The van der Waals surface area contributed by atoms with E-state index >= 15 is 0 Å². The number of para-hydroxylation sites is 1. The Bertz CT molecular complexity index is 1520. The van der Waals surface area contributed by atoms with Gasteiger partial charge in [-0.1, -0.05) is 24.3 Å². The first-order chi connectivity index (χ1) is 17.6. The van der Waals surface area contributed by atoms with Crippen molar-refractivity contribution in [1.29, 1.82) is 5.26 Å². The number of esters is 1. The van der Waals surface area contributed by atoms with Crippen LogP contribution >= 0.6 is 0 Å². The first kappa shape index (κ1) is 26.6. The molecule has 11 nitrogen and oxygen atoms in total. The van der Waals surface area contributed by atoms with Gasteiger partial charge in [0.2, 0.25) is 0 Å². The van der Waals surface area contributed by atoms with Gasteiger partial charge in [0.05, 0.1) is 17.1 Å². The normalized spacial score (nSPS) is 11.2. The number of hydrogen-bond acceptors (Lipinski definition) is 9. The van der Waals surface area contributed by atoms with Crippen molar-refractivity contribution in [2.24, 2.45) is 0 Å². The fourth-order valence-corrected chi connectivity index (χ4v) is 4.00. The van der Waals surface area contributed by atoms with Gasteiger partial charge in [-0.2, -0.15) is 13.7 Å². The van der Waals surface area contributed by atoms with Crippen LogP contribution in [0.15, 0.2) is 83.3 Å². The molecule has 0 spiro atoms. The number of amides is 1. The number of nitro groups is 1. The second-order valence-corrected chi connectivity index (χ2v) is 8.80. The van der Waals surface area contributed by atoms with Gasteiger partial charge < -0.3 is 14.2 Å². The molecule has 3 rings (SSSR count). The Balaban J connectivity index is 1.84. The highest BCUT2D eigenvalue weighted by Gasteiger charge is 2.21. The van der Waals surface area contributed by atoms with Crippen LogP contribution in [0.25, 0.3) is 6.08 Å². The van der Waals surface area contributed by atoms with E-state index in [1.807, 2.05) is 0 Å². The van der Waals surface area contributed by atoms with Crippen molar-refractivity contribution in [2.75, 3.05) is 11.9 Å². The van der Waals surface area contributed by atoms with Crippen molar-refractivity contribution < 1.29 is 31.9 Å². The number of rotatable bonds is 9. The zero-order valence-corrected chi connectivity index (χ0v) is 20.1. The molecule has 0 aliphatic heterocycles. The molecule has 0 unspecified atom stereocenters. The van der Waals surface area contributed by atoms with Crippen LogP contribution in [0.2, 0.25) is 0 Å². The van der Waals surface area contributed by atoms with Crippen molar-refractivity contribution in [1.82, 2.24) is 0 Å². The van der Waals surface area contributed by atoms with Gasteiger partial charge in [-0.05, 0) is 49.4 Å². The fraction of sp³-hybridized carbons (Fsp3) is 0.0800. The lowest BCUT2D eigenvalue weighted by atomic mass is 10.1. The smallest absolute Gasteiger partial charge is 0.339 e. The predicted octanol–water partition coefficient (Wildman–Crippen LogP) is 4.08. The highest BCUT2D eigenvalue weighted by atomic mass is 32.2. The second-order valence-electron chi connectivity index (χ2n) is 7.25. The topological polar surface area (TPSA) is 166 Å². The summed E-state index contributed by atoms with van der Waals surface area (Å²) in [4.78, 5) is 34.2. The first-order valence-corrected chi connectivity index (χ1v) is 12.0. The zero-order chi connectivity index (χ0) is 27.0. The molecule has 0 radical (unpaired) electrons. The summed E-state index contributed by atoms with van der Waals surface area (Å²) in [6.45, 7) is 1.89. The number of nitriles is 1. The van der Waals surface area contributed by atoms with E-state index in [2.05, 4.69) is 5.32 Å². The lowest BCUT2D eigenvalue weighted by Gasteiger charge is -2.10. The lowest BCUT2D eigenvalue weighted by Crippen LogP contribution is -2.14. The van der Waals surface area contributed by atoms with Gasteiger partial charge in [-0.3, -0.25) is 14.9 Å². The zero-order valence-electron chi connectivity index (χ0n) is 19.3. The molecule has 0 saturated carbocycles. The average Bonchev–Trinajstić information content (AvgIpc) is 2.88. The summed E-state index contributed by atoms with van der Waals surface area (Å²) in [5, 5.41) is 23.0. The molecule has 0 atom stereocenters. The molecule has 0 aliphatic rings. The molecule has 188 valence electrons. The van der Waals surface area contributed by atoms with Gasteiger partial charge in [-0.25, -0.2) is 4.79 Å². The first-order valence-electron chi connectivity index (χ1n) is 10.6. The van der Waals surface area contributed by atoms with E-state index in [9.17, 15) is 33.4 Å². The van der Waals surface area contributed by atoms with Crippen LogP contribution in [0.5, 0.6) is 5.75 Å². The average molecular weight is 522 g/mol. The van der Waals surface area contributed by atoms with E-state index < -0.39 is 37.5 Å². The number of carbonyl (C=O) groups is 2. The summed E-state index contributed by atoms with van der Waals surface area (Å²) >= 11 is 0. The number of nitrogens with one attached hydrogen (secondary N) is 1. The van der Waals surface area contributed by atoms with Crippen molar-refractivity contribution in [3.05, 3.63) is 99.6 Å². The molecule has 0 aromatic heterocycles. The Hall–Kier alpha value is -5.02. The molecule has 3 aromatic rings. The van der Waals surface area contributed by atoms with Crippen LogP contribution in [0.4, 0.5) is 11.4 Å². The van der Waals surface area contributed by atoms with Crippen molar-refractivity contribution >= 4 is 39.4 Å². The van der Waals surface area contributed by atoms with E-state index in [-0.39, 0.29) is 29.1 Å². The Morgan fingerprint density at radius 3 is 2.43 bits per heavy atom. The maximum absolute atomic E-state index is 12.7. The predicted molar refractivity (Wildman–Crippen MR) is 132 cm³/mol. The molecule has 37 heavy (non-hydrogen) atoms. The largest absolute Gasteiger partial charge is 0.462 e. The number of hydrogen-bond donors (Lipinski definition) is 1. The van der Waals surface area contributed by atoms with E-state index in [1.54, 1.807) is 19.1 Å². The third-order valence-corrected chi connectivity index (χ3v) is 5.98. The highest BCUT2D eigenvalue weighted by molar-refractivity contribution is 7.87.